The van der Waals surface area contributed by atoms with Crippen molar-refractivity contribution in [3.63, 3.8) is 0 Å². The van der Waals surface area contributed by atoms with E-state index in [0.717, 1.165) is 11.3 Å². The standard InChI is InChI=1S/C14H14FNO3S/c1-7-11(13(17)18)16-12(20-7)9-5-4-8(6-10(9)15)14(2,3)19/h4-6,19H,1-3H3,(H,17,18). The molecule has 6 heteroatoms. The number of aromatic nitrogens is 1. The molecule has 2 N–H and O–H groups in total. The number of aryl methyl sites for hydroxylation is 1. The van der Waals surface area contributed by atoms with Crippen LogP contribution in [0, 0.1) is 12.7 Å². The summed E-state index contributed by atoms with van der Waals surface area (Å²) in [5.41, 5.74) is -0.509. The number of carbonyl (C=O) groups is 1. The van der Waals surface area contributed by atoms with Crippen molar-refractivity contribution < 1.29 is 19.4 Å². The van der Waals surface area contributed by atoms with Crippen molar-refractivity contribution >= 4 is 17.3 Å². The molecule has 1 heterocycles. The Labute approximate surface area is 119 Å². The van der Waals surface area contributed by atoms with Gasteiger partial charge in [0.15, 0.2) is 5.69 Å². The molecule has 0 bridgehead atoms. The molecule has 0 fully saturated rings. The minimum absolute atomic E-state index is 0.0593. The van der Waals surface area contributed by atoms with E-state index in [4.69, 9.17) is 5.11 Å². The van der Waals surface area contributed by atoms with E-state index in [-0.39, 0.29) is 11.3 Å². The van der Waals surface area contributed by atoms with Gasteiger partial charge in [-0.1, -0.05) is 6.07 Å². The summed E-state index contributed by atoms with van der Waals surface area (Å²) >= 11 is 1.13. The largest absolute Gasteiger partial charge is 0.476 e. The third-order valence-electron chi connectivity index (χ3n) is 2.91. The van der Waals surface area contributed by atoms with Gasteiger partial charge in [0.2, 0.25) is 0 Å². The predicted octanol–water partition coefficient (Wildman–Crippen LogP) is 3.18. The van der Waals surface area contributed by atoms with Gasteiger partial charge in [-0.3, -0.25) is 0 Å². The van der Waals surface area contributed by atoms with Gasteiger partial charge in [0.1, 0.15) is 10.8 Å². The molecule has 1 aromatic carbocycles. The van der Waals surface area contributed by atoms with E-state index in [9.17, 15) is 14.3 Å². The summed E-state index contributed by atoms with van der Waals surface area (Å²) in [7, 11) is 0. The average Bonchev–Trinajstić information content (AvgIpc) is 2.69. The normalized spacial score (nSPS) is 11.7. The summed E-state index contributed by atoms with van der Waals surface area (Å²) in [4.78, 5) is 15.4. The van der Waals surface area contributed by atoms with Crippen LogP contribution in [0.25, 0.3) is 10.6 Å². The molecule has 1 aromatic heterocycles. The number of aromatic carboxylic acids is 1. The summed E-state index contributed by atoms with van der Waals surface area (Å²) in [6, 6.07) is 4.36. The predicted molar refractivity (Wildman–Crippen MR) is 74.4 cm³/mol. The Morgan fingerprint density at radius 1 is 1.40 bits per heavy atom. The third kappa shape index (κ3) is 2.71. The number of hydrogen-bond acceptors (Lipinski definition) is 4. The lowest BCUT2D eigenvalue weighted by atomic mass is 9.97. The number of thiazole rings is 1. The smallest absolute Gasteiger partial charge is 0.355 e. The zero-order chi connectivity index (χ0) is 15.1. The van der Waals surface area contributed by atoms with Gasteiger partial charge in [-0.15, -0.1) is 11.3 Å². The van der Waals surface area contributed by atoms with Crippen LogP contribution in [-0.4, -0.2) is 21.2 Å². The van der Waals surface area contributed by atoms with Gasteiger partial charge in [-0.25, -0.2) is 14.2 Å². The van der Waals surface area contributed by atoms with Gasteiger partial charge in [0.05, 0.1) is 5.60 Å². The highest BCUT2D eigenvalue weighted by Crippen LogP contribution is 2.31. The highest BCUT2D eigenvalue weighted by Gasteiger charge is 2.21. The molecule has 4 nitrogen and oxygen atoms in total. The van der Waals surface area contributed by atoms with Crippen LogP contribution in [0.3, 0.4) is 0 Å². The van der Waals surface area contributed by atoms with Gasteiger partial charge in [-0.05, 0) is 38.5 Å². The van der Waals surface area contributed by atoms with Crippen LogP contribution in [0.15, 0.2) is 18.2 Å². The SMILES string of the molecule is Cc1sc(-c2ccc(C(C)(C)O)cc2F)nc1C(=O)O. The molecule has 2 aromatic rings. The first-order chi connectivity index (χ1) is 9.20. The maximum atomic E-state index is 14.1. The number of hydrogen-bond donors (Lipinski definition) is 2. The minimum Gasteiger partial charge on any atom is -0.476 e. The lowest BCUT2D eigenvalue weighted by molar-refractivity contribution is 0.0690. The summed E-state index contributed by atoms with van der Waals surface area (Å²) in [6.07, 6.45) is 0. The van der Waals surface area contributed by atoms with E-state index in [2.05, 4.69) is 4.98 Å². The van der Waals surface area contributed by atoms with Gasteiger partial charge >= 0.3 is 5.97 Å². The quantitative estimate of drug-likeness (QED) is 0.912. The van der Waals surface area contributed by atoms with Crippen LogP contribution in [0.2, 0.25) is 0 Å². The molecule has 0 aliphatic rings. The van der Waals surface area contributed by atoms with Gasteiger partial charge < -0.3 is 10.2 Å². The van der Waals surface area contributed by atoms with Crippen molar-refractivity contribution in [3.8, 4) is 10.6 Å². The van der Waals surface area contributed by atoms with Crippen LogP contribution in [0.1, 0.15) is 34.8 Å². The zero-order valence-corrected chi connectivity index (χ0v) is 12.1. The van der Waals surface area contributed by atoms with Crippen LogP contribution in [0.5, 0.6) is 0 Å². The Hall–Kier alpha value is -1.79. The molecule has 0 spiro atoms. The van der Waals surface area contributed by atoms with Crippen molar-refractivity contribution in [1.29, 1.82) is 0 Å². The maximum Gasteiger partial charge on any atom is 0.355 e. The minimum atomic E-state index is -1.13. The molecule has 0 saturated heterocycles. The maximum absolute atomic E-state index is 14.1. The summed E-state index contributed by atoms with van der Waals surface area (Å²) < 4.78 is 14.1. The van der Waals surface area contributed by atoms with Crippen LogP contribution in [0.4, 0.5) is 4.39 Å². The number of halogens is 1. The third-order valence-corrected chi connectivity index (χ3v) is 3.91. The molecule has 2 rings (SSSR count). The fraction of sp³-hybridized carbons (Fsp3) is 0.286. The number of benzene rings is 1. The van der Waals surface area contributed by atoms with Gasteiger partial charge in [0.25, 0.3) is 0 Å². The monoisotopic (exact) mass is 295 g/mol. The highest BCUT2D eigenvalue weighted by molar-refractivity contribution is 7.15. The number of carboxylic acids is 1. The molecule has 0 atom stereocenters. The molecule has 0 unspecified atom stereocenters. The molecule has 0 aliphatic carbocycles. The Morgan fingerprint density at radius 2 is 2.05 bits per heavy atom. The van der Waals surface area contributed by atoms with Crippen LogP contribution >= 0.6 is 11.3 Å². The topological polar surface area (TPSA) is 70.4 Å². The number of carboxylic acid groups (broad SMARTS) is 1. The lowest BCUT2D eigenvalue weighted by Gasteiger charge is -2.18. The second kappa shape index (κ2) is 4.96. The first-order valence-corrected chi connectivity index (χ1v) is 6.75. The summed E-state index contributed by atoms with van der Waals surface area (Å²) in [5.74, 6) is -1.66. The van der Waals surface area contributed by atoms with Gasteiger partial charge in [0, 0.05) is 10.4 Å². The van der Waals surface area contributed by atoms with E-state index in [1.807, 2.05) is 0 Å². The molecule has 106 valence electrons. The molecular weight excluding hydrogens is 281 g/mol. The summed E-state index contributed by atoms with van der Waals surface area (Å²) in [6.45, 7) is 4.77. The highest BCUT2D eigenvalue weighted by atomic mass is 32.1. The second-order valence-corrected chi connectivity index (χ2v) is 6.19. The first kappa shape index (κ1) is 14.6. The van der Waals surface area contributed by atoms with Crippen LogP contribution < -0.4 is 0 Å². The molecular formula is C14H14FNO3S. The Morgan fingerprint density at radius 3 is 2.50 bits per heavy atom. The second-order valence-electron chi connectivity index (χ2n) is 4.98. The Balaban J connectivity index is 2.49. The van der Waals surface area contributed by atoms with E-state index in [0.29, 0.717) is 15.4 Å². The average molecular weight is 295 g/mol. The lowest BCUT2D eigenvalue weighted by Crippen LogP contribution is -2.15. The molecule has 0 amide bonds. The fourth-order valence-corrected chi connectivity index (χ4v) is 2.71. The van der Waals surface area contributed by atoms with Crippen molar-refractivity contribution in [3.05, 3.63) is 40.2 Å². The van der Waals surface area contributed by atoms with E-state index >= 15 is 0 Å². The Kier molecular flexibility index (Phi) is 3.62. The molecule has 20 heavy (non-hydrogen) atoms. The van der Waals surface area contributed by atoms with Crippen molar-refractivity contribution in [2.45, 2.75) is 26.4 Å². The van der Waals surface area contributed by atoms with Gasteiger partial charge in [-0.2, -0.15) is 0 Å². The van der Waals surface area contributed by atoms with Crippen molar-refractivity contribution in [2.24, 2.45) is 0 Å². The molecule has 0 saturated carbocycles. The fourth-order valence-electron chi connectivity index (χ4n) is 1.78. The number of rotatable bonds is 3. The molecule has 0 aliphatic heterocycles. The summed E-state index contributed by atoms with van der Waals surface area (Å²) in [5, 5.41) is 19.1. The Bertz CT molecular complexity index is 674. The van der Waals surface area contributed by atoms with E-state index < -0.39 is 17.4 Å². The van der Waals surface area contributed by atoms with E-state index in [1.54, 1.807) is 26.8 Å². The molecule has 0 radical (unpaired) electrons. The zero-order valence-electron chi connectivity index (χ0n) is 11.3. The number of aliphatic hydroxyl groups is 1. The van der Waals surface area contributed by atoms with Crippen molar-refractivity contribution in [1.82, 2.24) is 4.98 Å². The first-order valence-electron chi connectivity index (χ1n) is 5.93. The van der Waals surface area contributed by atoms with Crippen molar-refractivity contribution in [2.75, 3.05) is 0 Å². The van der Waals surface area contributed by atoms with Crippen LogP contribution in [-0.2, 0) is 5.60 Å². The van der Waals surface area contributed by atoms with E-state index in [1.165, 1.54) is 12.1 Å². The number of nitrogens with zero attached hydrogens (tertiary/aromatic N) is 1.